The summed E-state index contributed by atoms with van der Waals surface area (Å²) in [5, 5.41) is 16.4. The molecule has 0 aromatic heterocycles. The summed E-state index contributed by atoms with van der Waals surface area (Å²) >= 11 is 0. The molecule has 1 aliphatic carbocycles. The molecule has 27 heavy (non-hydrogen) atoms. The van der Waals surface area contributed by atoms with Gasteiger partial charge in [-0.3, -0.25) is 4.79 Å². The fourth-order valence-corrected chi connectivity index (χ4v) is 4.11. The van der Waals surface area contributed by atoms with Crippen LogP contribution in [-0.2, 0) is 4.79 Å². The van der Waals surface area contributed by atoms with Gasteiger partial charge in [-0.1, -0.05) is 43.2 Å². The zero-order valence-corrected chi connectivity index (χ0v) is 15.9. The summed E-state index contributed by atoms with van der Waals surface area (Å²) in [7, 11) is 0. The second kappa shape index (κ2) is 9.74. The molecule has 0 spiro atoms. The second-order valence-electron chi connectivity index (χ2n) is 7.71. The summed E-state index contributed by atoms with van der Waals surface area (Å²) in [6.45, 7) is 1.63. The van der Waals surface area contributed by atoms with E-state index < -0.39 is 6.10 Å². The zero-order valence-electron chi connectivity index (χ0n) is 15.9. The number of likely N-dealkylation sites (tertiary alicyclic amines) is 1. The highest BCUT2D eigenvalue weighted by atomic mass is 16.3. The number of aliphatic hydroxyl groups is 1. The van der Waals surface area contributed by atoms with E-state index in [0.29, 0.717) is 32.1 Å². The second-order valence-corrected chi connectivity index (χ2v) is 7.71. The Bertz CT molecular complexity index is 608. The third-order valence-electron chi connectivity index (χ3n) is 5.76. The highest BCUT2D eigenvalue weighted by Crippen LogP contribution is 2.30. The molecular weight excluding hydrogens is 342 g/mol. The van der Waals surface area contributed by atoms with E-state index in [0.717, 1.165) is 31.2 Å². The van der Waals surface area contributed by atoms with Crippen LogP contribution in [0, 0.1) is 5.92 Å². The van der Waals surface area contributed by atoms with Crippen molar-refractivity contribution < 1.29 is 14.7 Å². The first-order valence-electron chi connectivity index (χ1n) is 10.2. The third-order valence-corrected chi connectivity index (χ3v) is 5.76. The number of hydrogen-bond donors (Lipinski definition) is 3. The number of nitrogens with one attached hydrogen (secondary N) is 2. The SMILES string of the molecule is O=C(CCNC(=O)N1CCC(C(O)c2ccccc2)CC1)NC1CCCC1. The quantitative estimate of drug-likeness (QED) is 0.717. The fourth-order valence-electron chi connectivity index (χ4n) is 4.11. The molecule has 3 N–H and O–H groups in total. The van der Waals surface area contributed by atoms with E-state index >= 15 is 0 Å². The molecular formula is C21H31N3O3. The molecule has 3 amide bonds. The van der Waals surface area contributed by atoms with Crippen molar-refractivity contribution in [2.45, 2.75) is 57.1 Å². The topological polar surface area (TPSA) is 81.7 Å². The fraction of sp³-hybridized carbons (Fsp3) is 0.619. The molecule has 6 heteroatoms. The predicted octanol–water partition coefficient (Wildman–Crippen LogP) is 2.59. The first-order chi connectivity index (χ1) is 13.1. The molecule has 1 saturated heterocycles. The van der Waals surface area contributed by atoms with Gasteiger partial charge in [0.25, 0.3) is 0 Å². The molecule has 148 valence electrons. The van der Waals surface area contributed by atoms with Crippen LogP contribution in [0.3, 0.4) is 0 Å². The van der Waals surface area contributed by atoms with Crippen LogP contribution in [0.25, 0.3) is 0 Å². The molecule has 3 rings (SSSR count). The lowest BCUT2D eigenvalue weighted by atomic mass is 9.87. The number of urea groups is 1. The summed E-state index contributed by atoms with van der Waals surface area (Å²) in [6, 6.07) is 9.91. The van der Waals surface area contributed by atoms with E-state index in [1.165, 1.54) is 12.8 Å². The van der Waals surface area contributed by atoms with Gasteiger partial charge in [-0.25, -0.2) is 4.79 Å². The van der Waals surface area contributed by atoms with Gasteiger partial charge in [0.2, 0.25) is 5.91 Å². The van der Waals surface area contributed by atoms with Gasteiger partial charge < -0.3 is 20.6 Å². The van der Waals surface area contributed by atoms with Crippen LogP contribution in [0.2, 0.25) is 0 Å². The van der Waals surface area contributed by atoms with Gasteiger partial charge in [0.05, 0.1) is 6.10 Å². The molecule has 1 unspecified atom stereocenters. The van der Waals surface area contributed by atoms with E-state index in [2.05, 4.69) is 10.6 Å². The van der Waals surface area contributed by atoms with E-state index in [4.69, 9.17) is 0 Å². The largest absolute Gasteiger partial charge is 0.388 e. The van der Waals surface area contributed by atoms with Gasteiger partial charge in [0.15, 0.2) is 0 Å². The van der Waals surface area contributed by atoms with Crippen LogP contribution in [0.1, 0.15) is 56.6 Å². The van der Waals surface area contributed by atoms with E-state index in [-0.39, 0.29) is 17.9 Å². The Kier molecular flexibility index (Phi) is 7.10. The van der Waals surface area contributed by atoms with Crippen molar-refractivity contribution in [1.29, 1.82) is 0 Å². The van der Waals surface area contributed by atoms with Crippen LogP contribution >= 0.6 is 0 Å². The van der Waals surface area contributed by atoms with Crippen molar-refractivity contribution in [3.63, 3.8) is 0 Å². The number of nitrogens with zero attached hydrogens (tertiary/aromatic N) is 1. The molecule has 0 bridgehead atoms. The van der Waals surface area contributed by atoms with Gasteiger partial charge in [0, 0.05) is 32.1 Å². The molecule has 6 nitrogen and oxygen atoms in total. The van der Waals surface area contributed by atoms with Crippen molar-refractivity contribution in [3.8, 4) is 0 Å². The molecule has 1 aromatic rings. The number of hydrogen-bond acceptors (Lipinski definition) is 3. The maximum atomic E-state index is 12.3. The van der Waals surface area contributed by atoms with Crippen LogP contribution in [0.15, 0.2) is 30.3 Å². The Labute approximate surface area is 161 Å². The Morgan fingerprint density at radius 2 is 1.74 bits per heavy atom. The molecule has 1 atom stereocenters. The summed E-state index contributed by atoms with van der Waals surface area (Å²) in [6.07, 6.45) is 5.94. The van der Waals surface area contributed by atoms with E-state index in [1.54, 1.807) is 4.90 Å². The molecule has 1 heterocycles. The smallest absolute Gasteiger partial charge is 0.317 e. The average molecular weight is 373 g/mol. The highest BCUT2D eigenvalue weighted by molar-refractivity contribution is 5.78. The van der Waals surface area contributed by atoms with Crippen molar-refractivity contribution in [3.05, 3.63) is 35.9 Å². The molecule has 2 fully saturated rings. The average Bonchev–Trinajstić information content (AvgIpc) is 3.21. The Hall–Kier alpha value is -2.08. The Balaban J connectivity index is 1.34. The number of aliphatic hydroxyl groups excluding tert-OH is 1. The molecule has 1 saturated carbocycles. The number of carbonyl (C=O) groups is 2. The first-order valence-corrected chi connectivity index (χ1v) is 10.2. The maximum absolute atomic E-state index is 12.3. The monoisotopic (exact) mass is 373 g/mol. The minimum absolute atomic E-state index is 0.0203. The van der Waals surface area contributed by atoms with Gasteiger partial charge in [0.1, 0.15) is 0 Å². The number of rotatable bonds is 6. The summed E-state index contributed by atoms with van der Waals surface area (Å²) in [5.41, 5.74) is 0.939. The Morgan fingerprint density at radius 1 is 1.07 bits per heavy atom. The number of amides is 3. The van der Waals surface area contributed by atoms with Crippen molar-refractivity contribution in [2.75, 3.05) is 19.6 Å². The van der Waals surface area contributed by atoms with Crippen molar-refractivity contribution in [2.24, 2.45) is 5.92 Å². The predicted molar refractivity (Wildman–Crippen MR) is 104 cm³/mol. The zero-order chi connectivity index (χ0) is 19.1. The lowest BCUT2D eigenvalue weighted by molar-refractivity contribution is -0.121. The van der Waals surface area contributed by atoms with Crippen LogP contribution in [0.4, 0.5) is 4.79 Å². The summed E-state index contributed by atoms with van der Waals surface area (Å²) < 4.78 is 0. The van der Waals surface area contributed by atoms with Crippen molar-refractivity contribution >= 4 is 11.9 Å². The maximum Gasteiger partial charge on any atom is 0.317 e. The van der Waals surface area contributed by atoms with Gasteiger partial charge in [-0.05, 0) is 37.2 Å². The van der Waals surface area contributed by atoms with E-state index in [9.17, 15) is 14.7 Å². The molecule has 0 radical (unpaired) electrons. The standard InChI is InChI=1S/C21H31N3O3/c25-19(23-18-8-4-5-9-18)10-13-22-21(27)24-14-11-17(12-15-24)20(26)16-6-2-1-3-7-16/h1-3,6-7,17-18,20,26H,4-5,8-15H2,(H,22,27)(H,23,25). The van der Waals surface area contributed by atoms with Gasteiger partial charge >= 0.3 is 6.03 Å². The lowest BCUT2D eigenvalue weighted by Gasteiger charge is -2.34. The number of benzene rings is 1. The van der Waals surface area contributed by atoms with Crippen LogP contribution in [-0.4, -0.2) is 47.6 Å². The van der Waals surface area contributed by atoms with Gasteiger partial charge in [-0.15, -0.1) is 0 Å². The minimum atomic E-state index is -0.476. The molecule has 2 aliphatic rings. The number of carbonyl (C=O) groups excluding carboxylic acids is 2. The molecule has 1 aliphatic heterocycles. The summed E-state index contributed by atoms with van der Waals surface area (Å²) in [4.78, 5) is 26.0. The lowest BCUT2D eigenvalue weighted by Crippen LogP contribution is -2.46. The minimum Gasteiger partial charge on any atom is -0.388 e. The van der Waals surface area contributed by atoms with Crippen LogP contribution in [0.5, 0.6) is 0 Å². The van der Waals surface area contributed by atoms with Crippen molar-refractivity contribution in [1.82, 2.24) is 15.5 Å². The number of piperidine rings is 1. The van der Waals surface area contributed by atoms with E-state index in [1.807, 2.05) is 30.3 Å². The summed E-state index contributed by atoms with van der Waals surface area (Å²) in [5.74, 6) is 0.195. The highest BCUT2D eigenvalue weighted by Gasteiger charge is 2.28. The molecule has 1 aromatic carbocycles. The third kappa shape index (κ3) is 5.70. The van der Waals surface area contributed by atoms with Gasteiger partial charge in [-0.2, -0.15) is 0 Å². The normalized spacial score (nSPS) is 19.7. The first kappa shape index (κ1) is 19.7. The van der Waals surface area contributed by atoms with Crippen LogP contribution < -0.4 is 10.6 Å². The Morgan fingerprint density at radius 3 is 2.41 bits per heavy atom.